The standard InChI is InChI=1S/C13H13ClFN3/c1-3-9-12(14)16-7-17-13(9)18-11-5-4-8(2)6-10(11)15/h4-7H,3H2,1-2H3,(H,16,17,18). The summed E-state index contributed by atoms with van der Waals surface area (Å²) in [6, 6.07) is 4.98. The second-order valence-corrected chi connectivity index (χ2v) is 4.31. The van der Waals surface area contributed by atoms with Crippen LogP contribution in [0.2, 0.25) is 5.15 Å². The number of halogens is 2. The summed E-state index contributed by atoms with van der Waals surface area (Å²) in [7, 11) is 0. The van der Waals surface area contributed by atoms with Gasteiger partial charge in [0.15, 0.2) is 0 Å². The Bertz CT molecular complexity index is 572. The summed E-state index contributed by atoms with van der Waals surface area (Å²) in [5, 5.41) is 3.34. The third kappa shape index (κ3) is 2.59. The number of nitrogens with one attached hydrogen (secondary N) is 1. The fourth-order valence-electron chi connectivity index (χ4n) is 1.66. The van der Waals surface area contributed by atoms with E-state index in [1.165, 1.54) is 12.4 Å². The van der Waals surface area contributed by atoms with Crippen molar-refractivity contribution < 1.29 is 4.39 Å². The Morgan fingerprint density at radius 3 is 2.78 bits per heavy atom. The van der Waals surface area contributed by atoms with Crippen LogP contribution < -0.4 is 5.32 Å². The van der Waals surface area contributed by atoms with Crippen molar-refractivity contribution >= 4 is 23.1 Å². The molecule has 5 heteroatoms. The van der Waals surface area contributed by atoms with Gasteiger partial charge in [0.25, 0.3) is 0 Å². The molecule has 94 valence electrons. The van der Waals surface area contributed by atoms with E-state index in [-0.39, 0.29) is 5.82 Å². The lowest BCUT2D eigenvalue weighted by Gasteiger charge is -2.11. The molecule has 0 bridgehead atoms. The zero-order chi connectivity index (χ0) is 13.1. The molecule has 0 aliphatic carbocycles. The van der Waals surface area contributed by atoms with E-state index in [1.54, 1.807) is 6.07 Å². The molecule has 0 amide bonds. The van der Waals surface area contributed by atoms with Gasteiger partial charge in [-0.1, -0.05) is 24.6 Å². The van der Waals surface area contributed by atoms with Crippen LogP contribution in [0.25, 0.3) is 0 Å². The predicted molar refractivity (Wildman–Crippen MR) is 70.8 cm³/mol. The molecule has 0 radical (unpaired) electrons. The maximum atomic E-state index is 13.7. The van der Waals surface area contributed by atoms with Crippen molar-refractivity contribution in [3.8, 4) is 0 Å². The number of hydrogen-bond acceptors (Lipinski definition) is 3. The second kappa shape index (κ2) is 5.31. The SMILES string of the molecule is CCc1c(Cl)ncnc1Nc1ccc(C)cc1F. The van der Waals surface area contributed by atoms with Crippen LogP contribution in [0.4, 0.5) is 15.9 Å². The first-order valence-electron chi connectivity index (χ1n) is 5.64. The van der Waals surface area contributed by atoms with Gasteiger partial charge in [-0.05, 0) is 31.0 Å². The van der Waals surface area contributed by atoms with Crippen LogP contribution in [0.3, 0.4) is 0 Å². The molecule has 0 spiro atoms. The average Bonchev–Trinajstić information content (AvgIpc) is 2.33. The molecule has 2 aromatic rings. The van der Waals surface area contributed by atoms with Gasteiger partial charge in [-0.2, -0.15) is 0 Å². The molecular weight excluding hydrogens is 253 g/mol. The van der Waals surface area contributed by atoms with Crippen molar-refractivity contribution in [3.05, 3.63) is 46.6 Å². The van der Waals surface area contributed by atoms with E-state index in [2.05, 4.69) is 15.3 Å². The highest BCUT2D eigenvalue weighted by Gasteiger charge is 2.10. The zero-order valence-corrected chi connectivity index (χ0v) is 10.9. The lowest BCUT2D eigenvalue weighted by molar-refractivity contribution is 0.630. The number of benzene rings is 1. The summed E-state index contributed by atoms with van der Waals surface area (Å²) in [4.78, 5) is 8.01. The maximum absolute atomic E-state index is 13.7. The quantitative estimate of drug-likeness (QED) is 0.856. The fourth-order valence-corrected chi connectivity index (χ4v) is 1.93. The van der Waals surface area contributed by atoms with E-state index in [0.29, 0.717) is 23.1 Å². The van der Waals surface area contributed by atoms with E-state index in [0.717, 1.165) is 11.1 Å². The Hall–Kier alpha value is -1.68. The van der Waals surface area contributed by atoms with E-state index < -0.39 is 0 Å². The van der Waals surface area contributed by atoms with Crippen LogP contribution in [0, 0.1) is 12.7 Å². The molecule has 0 aliphatic heterocycles. The van der Waals surface area contributed by atoms with Crippen LogP contribution >= 0.6 is 11.6 Å². The zero-order valence-electron chi connectivity index (χ0n) is 10.2. The molecule has 18 heavy (non-hydrogen) atoms. The highest BCUT2D eigenvalue weighted by molar-refractivity contribution is 6.30. The molecular formula is C13H13ClFN3. The molecule has 0 unspecified atom stereocenters. The highest BCUT2D eigenvalue weighted by Crippen LogP contribution is 2.25. The van der Waals surface area contributed by atoms with Crippen LogP contribution in [0.5, 0.6) is 0 Å². The van der Waals surface area contributed by atoms with Crippen LogP contribution in [0.1, 0.15) is 18.1 Å². The van der Waals surface area contributed by atoms with Crippen molar-refractivity contribution in [1.29, 1.82) is 0 Å². The monoisotopic (exact) mass is 265 g/mol. The van der Waals surface area contributed by atoms with E-state index >= 15 is 0 Å². The molecule has 0 aliphatic rings. The summed E-state index contributed by atoms with van der Waals surface area (Å²) in [6.07, 6.45) is 2.03. The Labute approximate surface area is 110 Å². The molecule has 2 rings (SSSR count). The van der Waals surface area contributed by atoms with Crippen LogP contribution in [-0.2, 0) is 6.42 Å². The number of nitrogens with zero attached hydrogens (tertiary/aromatic N) is 2. The fraction of sp³-hybridized carbons (Fsp3) is 0.231. The van der Waals surface area contributed by atoms with Crippen molar-refractivity contribution in [2.75, 3.05) is 5.32 Å². The minimum Gasteiger partial charge on any atom is -0.337 e. The first-order chi connectivity index (χ1) is 8.61. The third-order valence-corrected chi connectivity index (χ3v) is 2.95. The Morgan fingerprint density at radius 1 is 1.33 bits per heavy atom. The third-order valence-electron chi connectivity index (χ3n) is 2.62. The lowest BCUT2D eigenvalue weighted by Crippen LogP contribution is -2.02. The van der Waals surface area contributed by atoms with E-state index in [1.807, 2.05) is 19.9 Å². The van der Waals surface area contributed by atoms with Crippen molar-refractivity contribution in [3.63, 3.8) is 0 Å². The Morgan fingerprint density at radius 2 is 2.11 bits per heavy atom. The second-order valence-electron chi connectivity index (χ2n) is 3.95. The van der Waals surface area contributed by atoms with Crippen molar-refractivity contribution in [1.82, 2.24) is 9.97 Å². The Kier molecular flexibility index (Phi) is 3.77. The lowest BCUT2D eigenvalue weighted by atomic mass is 10.2. The summed E-state index contributed by atoms with van der Waals surface area (Å²) in [6.45, 7) is 3.78. The molecule has 0 saturated heterocycles. The van der Waals surface area contributed by atoms with E-state index in [9.17, 15) is 4.39 Å². The van der Waals surface area contributed by atoms with Gasteiger partial charge in [0.2, 0.25) is 0 Å². The predicted octanol–water partition coefficient (Wildman–Crippen LogP) is 3.88. The van der Waals surface area contributed by atoms with E-state index in [4.69, 9.17) is 11.6 Å². The number of aromatic nitrogens is 2. The molecule has 0 saturated carbocycles. The van der Waals surface area contributed by atoms with Gasteiger partial charge >= 0.3 is 0 Å². The van der Waals surface area contributed by atoms with Gasteiger partial charge in [0.05, 0.1) is 5.69 Å². The summed E-state index contributed by atoms with van der Waals surface area (Å²) >= 11 is 5.98. The van der Waals surface area contributed by atoms with Gasteiger partial charge in [0.1, 0.15) is 23.1 Å². The molecule has 1 aromatic heterocycles. The average molecular weight is 266 g/mol. The molecule has 1 heterocycles. The van der Waals surface area contributed by atoms with Crippen molar-refractivity contribution in [2.24, 2.45) is 0 Å². The summed E-state index contributed by atoms with van der Waals surface area (Å²) < 4.78 is 13.7. The number of anilines is 2. The number of hydrogen-bond donors (Lipinski definition) is 1. The van der Waals surface area contributed by atoms with Gasteiger partial charge < -0.3 is 5.32 Å². The Balaban J connectivity index is 2.37. The summed E-state index contributed by atoms with van der Waals surface area (Å²) in [5.41, 5.74) is 2.03. The molecule has 1 aromatic carbocycles. The maximum Gasteiger partial charge on any atom is 0.146 e. The van der Waals surface area contributed by atoms with Crippen molar-refractivity contribution in [2.45, 2.75) is 20.3 Å². The largest absolute Gasteiger partial charge is 0.337 e. The normalized spacial score (nSPS) is 10.4. The first kappa shape index (κ1) is 12.8. The minimum atomic E-state index is -0.313. The number of rotatable bonds is 3. The van der Waals surface area contributed by atoms with Crippen LogP contribution in [-0.4, -0.2) is 9.97 Å². The molecule has 0 atom stereocenters. The van der Waals surface area contributed by atoms with Gasteiger partial charge in [0, 0.05) is 5.56 Å². The highest BCUT2D eigenvalue weighted by atomic mass is 35.5. The molecule has 1 N–H and O–H groups in total. The first-order valence-corrected chi connectivity index (χ1v) is 6.02. The molecule has 3 nitrogen and oxygen atoms in total. The minimum absolute atomic E-state index is 0.313. The van der Waals surface area contributed by atoms with Gasteiger partial charge in [-0.15, -0.1) is 0 Å². The van der Waals surface area contributed by atoms with Gasteiger partial charge in [-0.3, -0.25) is 0 Å². The van der Waals surface area contributed by atoms with Gasteiger partial charge in [-0.25, -0.2) is 14.4 Å². The number of aryl methyl sites for hydroxylation is 1. The van der Waals surface area contributed by atoms with Crippen LogP contribution in [0.15, 0.2) is 24.5 Å². The molecule has 0 fully saturated rings. The smallest absolute Gasteiger partial charge is 0.146 e. The topological polar surface area (TPSA) is 37.8 Å². The summed E-state index contributed by atoms with van der Waals surface area (Å²) in [5.74, 6) is 0.229.